The Morgan fingerprint density at radius 3 is 1.40 bits per heavy atom. The average Bonchev–Trinajstić information content (AvgIpc) is 2.91. The molecule has 0 amide bonds. The third-order valence-corrected chi connectivity index (χ3v) is 7.01. The predicted octanol–water partition coefficient (Wildman–Crippen LogP) is 5.90. The molecule has 0 aliphatic heterocycles. The van der Waals surface area contributed by atoms with Crippen molar-refractivity contribution in [3.63, 3.8) is 0 Å². The van der Waals surface area contributed by atoms with Gasteiger partial charge in [-0.05, 0) is 34.1 Å². The van der Waals surface area contributed by atoms with E-state index in [2.05, 4.69) is 6.92 Å². The zero-order valence-electron chi connectivity index (χ0n) is 26.4. The van der Waals surface area contributed by atoms with Crippen molar-refractivity contribution in [2.24, 2.45) is 5.92 Å². The van der Waals surface area contributed by atoms with Gasteiger partial charge in [0.15, 0.2) is 5.92 Å². The molecule has 0 aromatic rings. The Labute approximate surface area is 283 Å². The number of hydrogen-bond donors (Lipinski definition) is 0. The number of carbonyl (C=O) groups is 5. The first-order valence-electron chi connectivity index (χ1n) is 15.9. The number of ether oxygens (including phenoxy) is 4. The van der Waals surface area contributed by atoms with Crippen LogP contribution in [0.15, 0.2) is 0 Å². The number of esters is 4. The normalized spacial score (nSPS) is 12.8. The second kappa shape index (κ2) is 27.4. The Hall–Kier alpha value is -1.19. The molecule has 0 heterocycles. The van der Waals surface area contributed by atoms with Crippen LogP contribution in [0.4, 0.5) is 0 Å². The van der Waals surface area contributed by atoms with Crippen molar-refractivity contribution in [2.45, 2.75) is 149 Å². The summed E-state index contributed by atoms with van der Waals surface area (Å²) in [5.74, 6) is -6.59. The quantitative estimate of drug-likeness (QED) is 0.0380. The Kier molecular flexibility index (Phi) is 28.0. The number of rotatable bonds is 26. The van der Waals surface area contributed by atoms with Gasteiger partial charge in [-0.2, -0.15) is 0 Å². The predicted molar refractivity (Wildman–Crippen MR) is 166 cm³/mol. The zero-order chi connectivity index (χ0) is 30.9. The van der Waals surface area contributed by atoms with Crippen LogP contribution in [0.5, 0.6) is 0 Å². The van der Waals surface area contributed by atoms with Crippen LogP contribution in [0.1, 0.15) is 144 Å². The minimum absolute atomic E-state index is 0. The van der Waals surface area contributed by atoms with Crippen LogP contribution in [0.25, 0.3) is 0 Å². The fourth-order valence-corrected chi connectivity index (χ4v) is 4.91. The molecule has 10 heteroatoms. The molecule has 0 saturated carbocycles. The summed E-state index contributed by atoms with van der Waals surface area (Å²) < 4.78 is 20.6. The van der Waals surface area contributed by atoms with Gasteiger partial charge >= 0.3 is 61.6 Å². The van der Waals surface area contributed by atoms with Crippen LogP contribution in [0.3, 0.4) is 0 Å². The minimum atomic E-state index is -2.51. The van der Waals surface area contributed by atoms with Crippen LogP contribution in [-0.4, -0.2) is 92.8 Å². The van der Waals surface area contributed by atoms with E-state index in [0.717, 1.165) is 32.6 Å². The molecule has 42 heavy (non-hydrogen) atoms. The van der Waals surface area contributed by atoms with E-state index in [0.29, 0.717) is 6.42 Å². The molecule has 0 aromatic heterocycles. The molecule has 2 atom stereocenters. The van der Waals surface area contributed by atoms with E-state index in [1.807, 2.05) is 0 Å². The van der Waals surface area contributed by atoms with E-state index >= 15 is 0 Å². The number of hydrogen-bond acceptors (Lipinski definition) is 9. The van der Waals surface area contributed by atoms with E-state index in [1.54, 1.807) is 6.92 Å². The Balaban J connectivity index is 0. The number of ketones is 1. The average molecular weight is 627 g/mol. The molecule has 0 bridgehead atoms. The SMILES string of the molecule is CCCCCCCCCCCCCCCCCC(=O)OC(CC(=O)OCC)(C(=O)OCC)C(C(C)=O)C(=O)OCC.[CaH2]. The van der Waals surface area contributed by atoms with Gasteiger partial charge in [0.05, 0.1) is 26.2 Å². The molecule has 2 unspecified atom stereocenters. The van der Waals surface area contributed by atoms with Crippen molar-refractivity contribution in [1.82, 2.24) is 0 Å². The molecule has 0 aromatic carbocycles. The number of unbranched alkanes of at least 4 members (excludes halogenated alkanes) is 14. The molecule has 242 valence electrons. The van der Waals surface area contributed by atoms with E-state index < -0.39 is 47.6 Å². The van der Waals surface area contributed by atoms with Crippen LogP contribution in [0, 0.1) is 5.92 Å². The molecular weight excluding hydrogens is 568 g/mol. The molecule has 9 nitrogen and oxygen atoms in total. The first kappa shape index (κ1) is 42.9. The Bertz CT molecular complexity index is 771. The fraction of sp³-hybridized carbons (Fsp3) is 0.844. The first-order chi connectivity index (χ1) is 19.7. The summed E-state index contributed by atoms with van der Waals surface area (Å²) in [6.07, 6.45) is 16.8. The monoisotopic (exact) mass is 626 g/mol. The van der Waals surface area contributed by atoms with Crippen molar-refractivity contribution in [1.29, 1.82) is 0 Å². The maximum absolute atomic E-state index is 13.1. The summed E-state index contributed by atoms with van der Waals surface area (Å²) in [6.45, 7) is 7.75. The molecule has 0 rings (SSSR count). The summed E-state index contributed by atoms with van der Waals surface area (Å²) >= 11 is 0. The van der Waals surface area contributed by atoms with E-state index in [4.69, 9.17) is 18.9 Å². The summed E-state index contributed by atoms with van der Waals surface area (Å²) in [7, 11) is 0. The van der Waals surface area contributed by atoms with E-state index in [9.17, 15) is 24.0 Å². The van der Waals surface area contributed by atoms with Crippen molar-refractivity contribution in [2.75, 3.05) is 19.8 Å². The second-order valence-electron chi connectivity index (χ2n) is 10.6. The van der Waals surface area contributed by atoms with Crippen LogP contribution < -0.4 is 0 Å². The van der Waals surface area contributed by atoms with Crippen molar-refractivity contribution >= 4 is 67.4 Å². The summed E-state index contributed by atoms with van der Waals surface area (Å²) in [5.41, 5.74) is -2.51. The van der Waals surface area contributed by atoms with Gasteiger partial charge in [0, 0.05) is 6.42 Å². The summed E-state index contributed by atoms with van der Waals surface area (Å²) in [4.78, 5) is 63.9. The first-order valence-corrected chi connectivity index (χ1v) is 15.9. The zero-order valence-corrected chi connectivity index (χ0v) is 26.4. The molecule has 0 aliphatic carbocycles. The molecule has 0 spiro atoms. The van der Waals surface area contributed by atoms with Gasteiger partial charge in [-0.1, -0.05) is 96.8 Å². The van der Waals surface area contributed by atoms with Crippen molar-refractivity contribution in [3.05, 3.63) is 0 Å². The summed E-state index contributed by atoms with van der Waals surface area (Å²) in [5, 5.41) is 0. The van der Waals surface area contributed by atoms with Gasteiger partial charge in [-0.25, -0.2) is 4.79 Å². The third kappa shape index (κ3) is 18.5. The Morgan fingerprint density at radius 1 is 0.571 bits per heavy atom. The molecule has 0 fully saturated rings. The summed E-state index contributed by atoms with van der Waals surface area (Å²) in [6, 6.07) is 0. The maximum atomic E-state index is 13.1. The Morgan fingerprint density at radius 2 is 1.00 bits per heavy atom. The van der Waals surface area contributed by atoms with Gasteiger partial charge in [-0.3, -0.25) is 19.2 Å². The van der Waals surface area contributed by atoms with Gasteiger partial charge in [-0.15, -0.1) is 0 Å². The fourth-order valence-electron chi connectivity index (χ4n) is 4.91. The van der Waals surface area contributed by atoms with Crippen molar-refractivity contribution < 1.29 is 42.9 Å². The molecular formula is C32H58CaO9. The van der Waals surface area contributed by atoms with Gasteiger partial charge < -0.3 is 18.9 Å². The van der Waals surface area contributed by atoms with Crippen molar-refractivity contribution in [3.8, 4) is 0 Å². The second-order valence-corrected chi connectivity index (χ2v) is 10.6. The molecule has 0 saturated heterocycles. The van der Waals surface area contributed by atoms with E-state index in [-0.39, 0.29) is 64.0 Å². The molecule has 0 radical (unpaired) electrons. The molecule has 0 aliphatic rings. The van der Waals surface area contributed by atoms with Crippen LogP contribution in [0.2, 0.25) is 0 Å². The molecule has 0 N–H and O–H groups in total. The number of Topliss-reactive ketones (excluding diaryl/α,β-unsaturated/α-hetero) is 1. The standard InChI is InChI=1S/C32H56O9.Ca.2H/c1-6-10-11-12-13-14-15-16-17-18-19-20-21-22-23-24-27(34)41-32(31(37)40-9-4,25-28(35)38-7-2)29(26(5)33)30(36)39-8-3;;;/h29H,6-25H2,1-5H3;;;. The van der Waals surface area contributed by atoms with Crippen LogP contribution >= 0.6 is 0 Å². The number of carbonyl (C=O) groups excluding carboxylic acids is 5. The van der Waals surface area contributed by atoms with E-state index in [1.165, 1.54) is 78.1 Å². The van der Waals surface area contributed by atoms with Crippen LogP contribution in [-0.2, 0) is 42.9 Å². The van der Waals surface area contributed by atoms with Gasteiger partial charge in [0.2, 0.25) is 5.60 Å². The van der Waals surface area contributed by atoms with Gasteiger partial charge in [0.25, 0.3) is 0 Å². The third-order valence-electron chi connectivity index (χ3n) is 7.01. The topological polar surface area (TPSA) is 122 Å². The van der Waals surface area contributed by atoms with Gasteiger partial charge in [0.1, 0.15) is 5.78 Å².